The summed E-state index contributed by atoms with van der Waals surface area (Å²) in [5.74, 6) is 0.304. The molecule has 360 valence electrons. The highest BCUT2D eigenvalue weighted by Gasteiger charge is 2.61. The average Bonchev–Trinajstić information content (AvgIpc) is 3.81. The summed E-state index contributed by atoms with van der Waals surface area (Å²) < 4.78 is 27.3. The molecular weight excluding hydrogens is 867 g/mol. The molecule has 10 aliphatic rings. The molecule has 14 nitrogen and oxygen atoms in total. The summed E-state index contributed by atoms with van der Waals surface area (Å²) in [6.07, 6.45) is 15.1. The molecule has 2 unspecified atom stereocenters. The highest BCUT2D eigenvalue weighted by Crippen LogP contribution is 2.52. The Bertz CT molecular complexity index is 2230. The number of fused-ring (bicyclic) bond motifs is 6. The molecule has 2 aromatic carbocycles. The Morgan fingerprint density at radius 2 is 0.956 bits per heavy atom. The zero-order valence-electron chi connectivity index (χ0n) is 38.8. The topological polar surface area (TPSA) is 187 Å². The normalized spacial score (nSPS) is 34.7. The molecule has 0 spiro atoms. The van der Waals surface area contributed by atoms with E-state index >= 15 is 0 Å². The predicted octanol–water partition coefficient (Wildman–Crippen LogP) is 4.22. The largest absolute Gasteiger partial charge is 0.327 e. The molecular formula is C52H64F2N10O4. The Morgan fingerprint density at radius 1 is 0.588 bits per heavy atom. The molecule has 6 aliphatic heterocycles. The number of carbonyl (C=O) groups excluding carboxylic acids is 4. The first kappa shape index (κ1) is 45.4. The average molecular weight is 931 g/mol. The smallest absolute Gasteiger partial charge is 0.242 e. The molecule has 0 radical (unpaired) electrons. The summed E-state index contributed by atoms with van der Waals surface area (Å²) in [7, 11) is 0. The van der Waals surface area contributed by atoms with Crippen molar-refractivity contribution in [1.29, 1.82) is 10.5 Å². The quantitative estimate of drug-likeness (QED) is 0.350. The highest BCUT2D eigenvalue weighted by atomic mass is 19.1. The minimum Gasteiger partial charge on any atom is -0.327 e. The van der Waals surface area contributed by atoms with Crippen LogP contribution >= 0.6 is 0 Å². The van der Waals surface area contributed by atoms with E-state index < -0.39 is 12.1 Å². The van der Waals surface area contributed by atoms with E-state index in [1.807, 2.05) is 24.3 Å². The fourth-order valence-electron chi connectivity index (χ4n) is 14.8. The second-order valence-electron chi connectivity index (χ2n) is 21.9. The van der Waals surface area contributed by atoms with Crippen LogP contribution in [-0.2, 0) is 30.3 Å². The Labute approximate surface area is 397 Å². The number of benzene rings is 2. The minimum atomic E-state index is -0.725. The van der Waals surface area contributed by atoms with Gasteiger partial charge in [-0.15, -0.1) is 0 Å². The van der Waals surface area contributed by atoms with Crippen LogP contribution in [0.3, 0.4) is 0 Å². The van der Waals surface area contributed by atoms with Crippen molar-refractivity contribution < 1.29 is 28.0 Å². The Hall–Kier alpha value is -5.00. The van der Waals surface area contributed by atoms with Crippen molar-refractivity contribution in [3.63, 3.8) is 0 Å². The molecule has 4 saturated carbocycles. The third-order valence-electron chi connectivity index (χ3n) is 18.1. The minimum absolute atomic E-state index is 0.0782. The van der Waals surface area contributed by atoms with E-state index in [-0.39, 0.29) is 94.7 Å². The summed E-state index contributed by atoms with van der Waals surface area (Å²) in [6, 6.07) is 15.7. The first-order valence-electron chi connectivity index (χ1n) is 25.5. The van der Waals surface area contributed by atoms with Crippen molar-refractivity contribution in [2.45, 2.75) is 174 Å². The van der Waals surface area contributed by atoms with Gasteiger partial charge in [0.1, 0.15) is 23.7 Å². The molecule has 12 rings (SSSR count). The van der Waals surface area contributed by atoms with E-state index in [4.69, 9.17) is 11.5 Å². The van der Waals surface area contributed by atoms with Crippen molar-refractivity contribution in [1.82, 2.24) is 29.4 Å². The van der Waals surface area contributed by atoms with Gasteiger partial charge in [0.2, 0.25) is 23.6 Å². The van der Waals surface area contributed by atoms with E-state index in [0.717, 1.165) is 114 Å². The number of hydrogen-bond acceptors (Lipinski definition) is 10. The number of hydrogen-bond donors (Lipinski definition) is 2. The van der Waals surface area contributed by atoms with Crippen LogP contribution in [0, 0.1) is 46.1 Å². The van der Waals surface area contributed by atoms with E-state index in [9.17, 15) is 38.5 Å². The maximum absolute atomic E-state index is 13.7. The van der Waals surface area contributed by atoms with Gasteiger partial charge >= 0.3 is 0 Å². The van der Waals surface area contributed by atoms with Crippen LogP contribution in [0.4, 0.5) is 8.78 Å². The first-order chi connectivity index (χ1) is 32.8. The zero-order chi connectivity index (χ0) is 47.2. The lowest BCUT2D eigenvalue weighted by atomic mass is 9.74. The van der Waals surface area contributed by atoms with Crippen molar-refractivity contribution in [2.24, 2.45) is 23.3 Å². The number of piperidine rings is 2. The number of likely N-dealkylation sites (tertiary alicyclic amines) is 6. The summed E-state index contributed by atoms with van der Waals surface area (Å²) in [6.45, 7) is 2.09. The molecule has 16 heteroatoms. The number of halogens is 2. The number of carbonyl (C=O) groups is 4. The molecule has 10 fully saturated rings. The summed E-state index contributed by atoms with van der Waals surface area (Å²) in [5, 5.41) is 18.9. The van der Waals surface area contributed by atoms with Gasteiger partial charge in [-0.2, -0.15) is 10.5 Å². The molecule has 6 heterocycles. The van der Waals surface area contributed by atoms with E-state index in [1.165, 1.54) is 24.3 Å². The van der Waals surface area contributed by atoms with E-state index in [0.29, 0.717) is 38.0 Å². The maximum atomic E-state index is 13.7. The molecule has 4 bridgehead atoms. The fraction of sp³-hybridized carbons (Fsp3) is 0.654. The fourth-order valence-corrected chi connectivity index (χ4v) is 14.8. The molecule has 4 N–H and O–H groups in total. The van der Waals surface area contributed by atoms with Crippen LogP contribution in [0.15, 0.2) is 48.5 Å². The third kappa shape index (κ3) is 7.51. The van der Waals surface area contributed by atoms with Crippen LogP contribution in [0.1, 0.15) is 114 Å². The van der Waals surface area contributed by atoms with Crippen molar-refractivity contribution >= 4 is 23.6 Å². The zero-order valence-corrected chi connectivity index (χ0v) is 38.8. The van der Waals surface area contributed by atoms with Crippen LogP contribution in [0.5, 0.6) is 0 Å². The van der Waals surface area contributed by atoms with Crippen molar-refractivity contribution in [2.75, 3.05) is 26.2 Å². The van der Waals surface area contributed by atoms with Gasteiger partial charge in [0.15, 0.2) is 0 Å². The molecule has 4 amide bonds. The number of piperazine rings is 2. The molecule has 2 aromatic rings. The number of nitriles is 2. The number of rotatable bonds is 10. The molecule has 12 atom stereocenters. The summed E-state index contributed by atoms with van der Waals surface area (Å²) >= 11 is 0. The maximum Gasteiger partial charge on any atom is 0.242 e. The second-order valence-corrected chi connectivity index (χ2v) is 21.9. The van der Waals surface area contributed by atoms with Gasteiger partial charge < -0.3 is 31.1 Å². The molecule has 68 heavy (non-hydrogen) atoms. The lowest BCUT2D eigenvalue weighted by molar-refractivity contribution is -0.148. The van der Waals surface area contributed by atoms with Gasteiger partial charge in [-0.05, 0) is 111 Å². The summed E-state index contributed by atoms with van der Waals surface area (Å²) in [5.41, 5.74) is 14.0. The SMILES string of the molecule is N#C[C@@H]1C[C@@H]2C[C@@H]2N1C(=O)[C@@H](N)CN1CC2C[C@H]1C(=O)N2C1(c2ccc(F)cc2)CCCCC1.N#C[C@@H]1C[C@@H]2C[C@@H]2N1C(=O)[C@@H](N)CN1C[C@@H]2CC1C(=O)N2C1(c2ccc(F)cc2)CCCCC1. The summed E-state index contributed by atoms with van der Waals surface area (Å²) in [4.78, 5) is 65.4. The van der Waals surface area contributed by atoms with Gasteiger partial charge in [-0.1, -0.05) is 62.8 Å². The van der Waals surface area contributed by atoms with Crippen molar-refractivity contribution in [3.8, 4) is 12.1 Å². The lowest BCUT2D eigenvalue weighted by Crippen LogP contribution is -2.61. The number of amides is 4. The number of nitrogens with zero attached hydrogens (tertiary/aromatic N) is 8. The highest BCUT2D eigenvalue weighted by molar-refractivity contribution is 5.89. The van der Waals surface area contributed by atoms with Gasteiger partial charge in [-0.3, -0.25) is 29.0 Å². The first-order valence-corrected chi connectivity index (χ1v) is 25.5. The van der Waals surface area contributed by atoms with Crippen LogP contribution in [0.2, 0.25) is 0 Å². The van der Waals surface area contributed by atoms with E-state index in [2.05, 4.69) is 31.7 Å². The van der Waals surface area contributed by atoms with Gasteiger partial charge in [-0.25, -0.2) is 8.78 Å². The van der Waals surface area contributed by atoms with E-state index in [1.54, 1.807) is 9.80 Å². The lowest BCUT2D eigenvalue weighted by Gasteiger charge is -2.50. The Morgan fingerprint density at radius 3 is 1.29 bits per heavy atom. The molecule has 4 aliphatic carbocycles. The van der Waals surface area contributed by atoms with Crippen LogP contribution in [-0.4, -0.2) is 140 Å². The number of nitrogens with two attached hydrogens (primary N) is 2. The Kier molecular flexibility index (Phi) is 11.7. The van der Waals surface area contributed by atoms with Gasteiger partial charge in [0.25, 0.3) is 0 Å². The van der Waals surface area contributed by atoms with Crippen LogP contribution in [0.25, 0.3) is 0 Å². The standard InChI is InChI=1S/2C26H32FN5O2/c2*27-18-6-4-17(5-7-18)26(8-2-1-3-9-26)32-20-12-23(25(32)34)30(14-20)15-21(29)24(33)31-19(13-28)10-16-11-22(16)31/h2*4-7,16,19-23H,1-3,8-12,14-15,29H2/t16-,19+,20?,21+,22+,23+;16-,19+,20+,21+,22+,23?/m11/s1. The second kappa shape index (κ2) is 17.4. The molecule has 0 aromatic heterocycles. The van der Waals surface area contributed by atoms with Crippen molar-refractivity contribution in [3.05, 3.63) is 71.3 Å². The molecule has 6 saturated heterocycles. The third-order valence-corrected chi connectivity index (χ3v) is 18.1. The monoisotopic (exact) mass is 931 g/mol. The Balaban J connectivity index is 0.000000149. The van der Waals surface area contributed by atoms with Gasteiger partial charge in [0, 0.05) is 50.3 Å². The van der Waals surface area contributed by atoms with Crippen LogP contribution < -0.4 is 11.5 Å². The van der Waals surface area contributed by atoms with Gasteiger partial charge in [0.05, 0.1) is 47.4 Å². The predicted molar refractivity (Wildman–Crippen MR) is 245 cm³/mol.